The molecule has 2 aliphatic rings. The van der Waals surface area contributed by atoms with E-state index in [-0.39, 0.29) is 0 Å². The van der Waals surface area contributed by atoms with E-state index in [2.05, 4.69) is 55.0 Å². The highest BCUT2D eigenvalue weighted by Gasteiger charge is 2.30. The van der Waals surface area contributed by atoms with Crippen LogP contribution in [-0.2, 0) is 5.33 Å². The molecule has 1 saturated heterocycles. The van der Waals surface area contributed by atoms with E-state index in [1.165, 1.54) is 54.5 Å². The van der Waals surface area contributed by atoms with Gasteiger partial charge in [0.2, 0.25) is 0 Å². The molecule has 18 heavy (non-hydrogen) atoms. The number of piperidine rings is 1. The van der Waals surface area contributed by atoms with E-state index < -0.39 is 0 Å². The van der Waals surface area contributed by atoms with Crippen LogP contribution < -0.4 is 4.90 Å². The summed E-state index contributed by atoms with van der Waals surface area (Å²) in [6.45, 7) is 2.52. The second-order valence-electron chi connectivity index (χ2n) is 5.71. The van der Waals surface area contributed by atoms with Crippen LogP contribution in [0, 0.1) is 11.8 Å². The van der Waals surface area contributed by atoms with Crippen LogP contribution in [0.15, 0.2) is 22.7 Å². The molecule has 2 unspecified atom stereocenters. The molecule has 1 aromatic carbocycles. The summed E-state index contributed by atoms with van der Waals surface area (Å²) in [5, 5.41) is 0.916. The molecule has 1 aliphatic heterocycles. The Kier molecular flexibility index (Phi) is 4.00. The molecule has 0 amide bonds. The number of rotatable bonds is 2. The Bertz CT molecular complexity index is 421. The van der Waals surface area contributed by atoms with Crippen LogP contribution >= 0.6 is 31.9 Å². The average Bonchev–Trinajstić information content (AvgIpc) is 2.38. The molecule has 98 valence electrons. The van der Waals surface area contributed by atoms with Crippen molar-refractivity contribution < 1.29 is 0 Å². The van der Waals surface area contributed by atoms with Crippen molar-refractivity contribution in [1.82, 2.24) is 0 Å². The molecule has 1 aromatic rings. The van der Waals surface area contributed by atoms with E-state index in [9.17, 15) is 0 Å². The Balaban J connectivity index is 1.80. The Labute approximate surface area is 126 Å². The van der Waals surface area contributed by atoms with Gasteiger partial charge in [0.05, 0.1) is 0 Å². The fourth-order valence-corrected chi connectivity index (χ4v) is 4.86. The zero-order chi connectivity index (χ0) is 12.5. The summed E-state index contributed by atoms with van der Waals surface area (Å²) in [5.74, 6) is 1.87. The summed E-state index contributed by atoms with van der Waals surface area (Å²) in [6.07, 6.45) is 5.80. The van der Waals surface area contributed by atoms with E-state index in [1.54, 1.807) is 0 Å². The summed E-state index contributed by atoms with van der Waals surface area (Å²) in [7, 11) is 0. The molecular weight excluding hydrogens is 354 g/mol. The van der Waals surface area contributed by atoms with Gasteiger partial charge in [-0.1, -0.05) is 44.3 Å². The topological polar surface area (TPSA) is 3.24 Å². The largest absolute Gasteiger partial charge is 0.371 e. The van der Waals surface area contributed by atoms with Crippen molar-refractivity contribution in [3.8, 4) is 0 Å². The summed E-state index contributed by atoms with van der Waals surface area (Å²) in [5.41, 5.74) is 2.72. The maximum atomic E-state index is 3.68. The van der Waals surface area contributed by atoms with Crippen molar-refractivity contribution in [1.29, 1.82) is 0 Å². The summed E-state index contributed by atoms with van der Waals surface area (Å²) in [4.78, 5) is 2.60. The summed E-state index contributed by atoms with van der Waals surface area (Å²) < 4.78 is 1.23. The first-order valence-corrected chi connectivity index (χ1v) is 8.77. The van der Waals surface area contributed by atoms with Gasteiger partial charge in [0.15, 0.2) is 0 Å². The van der Waals surface area contributed by atoms with Crippen LogP contribution in [-0.4, -0.2) is 13.1 Å². The highest BCUT2D eigenvalue weighted by Crippen LogP contribution is 2.37. The number of fused-ring (bicyclic) bond motifs is 2. The molecule has 0 spiro atoms. The first-order valence-electron chi connectivity index (χ1n) is 6.85. The maximum absolute atomic E-state index is 3.68. The van der Waals surface area contributed by atoms with Gasteiger partial charge in [0.1, 0.15) is 0 Å². The van der Waals surface area contributed by atoms with Crippen LogP contribution in [0.1, 0.15) is 31.2 Å². The minimum absolute atomic E-state index is 0.916. The lowest BCUT2D eigenvalue weighted by Gasteiger charge is -2.42. The van der Waals surface area contributed by atoms with Crippen LogP contribution in [0.3, 0.4) is 0 Å². The zero-order valence-electron chi connectivity index (χ0n) is 10.5. The fourth-order valence-electron chi connectivity index (χ4n) is 3.48. The first kappa shape index (κ1) is 13.0. The highest BCUT2D eigenvalue weighted by molar-refractivity contribution is 9.10. The SMILES string of the molecule is BrCc1ccc(N2CC3CCCC(C3)C2)cc1Br. The fraction of sp³-hybridized carbons (Fsp3) is 0.600. The monoisotopic (exact) mass is 371 g/mol. The molecule has 2 atom stereocenters. The molecule has 2 bridgehead atoms. The number of halogens is 2. The van der Waals surface area contributed by atoms with Gasteiger partial charge in [-0.2, -0.15) is 0 Å². The van der Waals surface area contributed by atoms with E-state index in [0.717, 1.165) is 17.2 Å². The predicted octanol–water partition coefficient (Wildman–Crippen LogP) is 4.97. The lowest BCUT2D eigenvalue weighted by molar-refractivity contribution is 0.231. The van der Waals surface area contributed by atoms with Crippen molar-refractivity contribution in [3.05, 3.63) is 28.2 Å². The Morgan fingerprint density at radius 1 is 1.17 bits per heavy atom. The van der Waals surface area contributed by atoms with Crippen LogP contribution in [0.5, 0.6) is 0 Å². The normalized spacial score (nSPS) is 27.3. The van der Waals surface area contributed by atoms with Gasteiger partial charge in [-0.25, -0.2) is 0 Å². The van der Waals surface area contributed by atoms with Crippen molar-refractivity contribution >= 4 is 37.5 Å². The third-order valence-electron chi connectivity index (χ3n) is 4.39. The van der Waals surface area contributed by atoms with Gasteiger partial charge in [-0.15, -0.1) is 0 Å². The van der Waals surface area contributed by atoms with E-state index in [1.807, 2.05) is 0 Å². The van der Waals surface area contributed by atoms with Crippen LogP contribution in [0.2, 0.25) is 0 Å². The van der Waals surface area contributed by atoms with E-state index >= 15 is 0 Å². The van der Waals surface area contributed by atoms with E-state index in [0.29, 0.717) is 0 Å². The average molecular weight is 373 g/mol. The lowest BCUT2D eigenvalue weighted by atomic mass is 9.78. The van der Waals surface area contributed by atoms with Crippen LogP contribution in [0.25, 0.3) is 0 Å². The molecule has 1 nitrogen and oxygen atoms in total. The first-order chi connectivity index (χ1) is 8.76. The maximum Gasteiger partial charge on any atom is 0.0377 e. The molecule has 1 aliphatic carbocycles. The minimum atomic E-state index is 0.916. The number of benzene rings is 1. The van der Waals surface area contributed by atoms with Gasteiger partial charge in [-0.3, -0.25) is 0 Å². The lowest BCUT2D eigenvalue weighted by Crippen LogP contribution is -2.42. The Hall–Kier alpha value is -0.0200. The molecule has 0 aromatic heterocycles. The van der Waals surface area contributed by atoms with Gasteiger partial charge in [0, 0.05) is 28.6 Å². The van der Waals surface area contributed by atoms with Crippen molar-refractivity contribution in [2.75, 3.05) is 18.0 Å². The second kappa shape index (κ2) is 5.54. The molecule has 3 heteroatoms. The predicted molar refractivity (Wildman–Crippen MR) is 84.4 cm³/mol. The minimum Gasteiger partial charge on any atom is -0.371 e. The quantitative estimate of drug-likeness (QED) is 0.662. The number of nitrogens with zero attached hydrogens (tertiary/aromatic N) is 1. The second-order valence-corrected chi connectivity index (χ2v) is 7.13. The summed E-state index contributed by atoms with van der Waals surface area (Å²) >= 11 is 7.20. The molecule has 2 fully saturated rings. The summed E-state index contributed by atoms with van der Waals surface area (Å²) in [6, 6.07) is 6.80. The molecular formula is C15H19Br2N. The molecule has 1 saturated carbocycles. The van der Waals surface area contributed by atoms with Crippen molar-refractivity contribution in [2.45, 2.75) is 31.0 Å². The standard InChI is InChI=1S/C15H19Br2N/c16-8-13-4-5-14(7-15(13)17)18-9-11-2-1-3-12(6-11)10-18/h4-5,7,11-12H,1-3,6,8-10H2. The van der Waals surface area contributed by atoms with E-state index in [4.69, 9.17) is 0 Å². The highest BCUT2D eigenvalue weighted by atomic mass is 79.9. The molecule has 0 N–H and O–H groups in total. The van der Waals surface area contributed by atoms with Gasteiger partial charge < -0.3 is 4.90 Å². The molecule has 3 rings (SSSR count). The van der Waals surface area contributed by atoms with Gasteiger partial charge >= 0.3 is 0 Å². The van der Waals surface area contributed by atoms with Crippen molar-refractivity contribution in [3.63, 3.8) is 0 Å². The number of alkyl halides is 1. The third-order valence-corrected chi connectivity index (χ3v) is 5.74. The third kappa shape index (κ3) is 2.62. The number of hydrogen-bond acceptors (Lipinski definition) is 1. The molecule has 1 heterocycles. The Morgan fingerprint density at radius 2 is 1.89 bits per heavy atom. The van der Waals surface area contributed by atoms with Crippen molar-refractivity contribution in [2.24, 2.45) is 11.8 Å². The van der Waals surface area contributed by atoms with Gasteiger partial charge in [-0.05, 0) is 48.8 Å². The van der Waals surface area contributed by atoms with Crippen LogP contribution in [0.4, 0.5) is 5.69 Å². The van der Waals surface area contributed by atoms with Gasteiger partial charge in [0.25, 0.3) is 0 Å². The number of hydrogen-bond donors (Lipinski definition) is 0. The smallest absolute Gasteiger partial charge is 0.0377 e. The molecule has 0 radical (unpaired) electrons. The zero-order valence-corrected chi connectivity index (χ0v) is 13.7. The number of anilines is 1. The Morgan fingerprint density at radius 3 is 2.50 bits per heavy atom.